The van der Waals surface area contributed by atoms with Crippen molar-refractivity contribution in [2.45, 2.75) is 11.8 Å². The molecular formula is C7H6Cl2N2O3S. The Bertz CT molecular complexity index is 522. The first-order chi connectivity index (χ1) is 6.36. The molecule has 0 saturated carbocycles. The Balaban J connectivity index is 0.00000196. The van der Waals surface area contributed by atoms with Crippen LogP contribution in [-0.2, 0) is 10.1 Å². The van der Waals surface area contributed by atoms with Gasteiger partial charge in [0.2, 0.25) is 5.39 Å². The molecule has 0 heterocycles. The molecule has 0 amide bonds. The molecule has 5 nitrogen and oxygen atoms in total. The largest absolute Gasteiger partial charge is 1.00 e. The fourth-order valence-electron chi connectivity index (χ4n) is 0.964. The first kappa shape index (κ1) is 14.1. The molecule has 1 aromatic carbocycles. The molecule has 0 spiro atoms. The van der Waals surface area contributed by atoms with Gasteiger partial charge in [-0.3, -0.25) is 4.55 Å². The smallest absolute Gasteiger partial charge is 0.386 e. The van der Waals surface area contributed by atoms with Gasteiger partial charge in [-0.25, -0.2) is 0 Å². The van der Waals surface area contributed by atoms with E-state index in [0.29, 0.717) is 5.56 Å². The maximum absolute atomic E-state index is 10.8. The maximum Gasteiger partial charge on any atom is 0.386 e. The van der Waals surface area contributed by atoms with E-state index in [2.05, 4.69) is 4.98 Å². The van der Waals surface area contributed by atoms with E-state index >= 15 is 0 Å². The van der Waals surface area contributed by atoms with Crippen LogP contribution in [-0.4, -0.2) is 13.0 Å². The molecule has 0 saturated heterocycles. The van der Waals surface area contributed by atoms with Crippen LogP contribution in [0.25, 0.3) is 4.98 Å². The summed E-state index contributed by atoms with van der Waals surface area (Å²) in [6, 6.07) is 2.36. The molecule has 0 aliphatic carbocycles. The Labute approximate surface area is 97.8 Å². The minimum absolute atomic E-state index is 0. The minimum Gasteiger partial charge on any atom is -1.00 e. The number of benzene rings is 1. The average Bonchev–Trinajstić information content (AvgIpc) is 2.07. The molecule has 0 bridgehead atoms. The van der Waals surface area contributed by atoms with E-state index in [0.717, 1.165) is 6.07 Å². The molecule has 1 rings (SSSR count). The summed E-state index contributed by atoms with van der Waals surface area (Å²) in [5.74, 6) is 0. The fourth-order valence-corrected chi connectivity index (χ4v) is 2.02. The molecule has 15 heavy (non-hydrogen) atoms. The molecule has 0 aliphatic heterocycles. The Morgan fingerprint density at radius 2 is 2.00 bits per heavy atom. The third-order valence-electron chi connectivity index (χ3n) is 1.60. The lowest BCUT2D eigenvalue weighted by Gasteiger charge is -2.00. The summed E-state index contributed by atoms with van der Waals surface area (Å²) in [5, 5.41) is 8.37. The van der Waals surface area contributed by atoms with Crippen LogP contribution in [0.1, 0.15) is 5.56 Å². The molecular weight excluding hydrogens is 263 g/mol. The van der Waals surface area contributed by atoms with Gasteiger partial charge in [-0.15, -0.1) is 0 Å². The number of hydrogen-bond donors (Lipinski definition) is 1. The zero-order valence-electron chi connectivity index (χ0n) is 7.48. The second-order valence-electron chi connectivity index (χ2n) is 2.65. The van der Waals surface area contributed by atoms with Crippen LogP contribution in [0.5, 0.6) is 0 Å². The van der Waals surface area contributed by atoms with E-state index in [1.54, 1.807) is 0 Å². The van der Waals surface area contributed by atoms with Gasteiger partial charge in [0.05, 0.1) is 11.1 Å². The van der Waals surface area contributed by atoms with Gasteiger partial charge in [0.15, 0.2) is 4.98 Å². The van der Waals surface area contributed by atoms with Crippen LogP contribution >= 0.6 is 11.6 Å². The van der Waals surface area contributed by atoms with E-state index in [4.69, 9.17) is 21.5 Å². The number of halogens is 2. The third kappa shape index (κ3) is 3.04. The van der Waals surface area contributed by atoms with Crippen molar-refractivity contribution < 1.29 is 25.4 Å². The molecule has 0 aromatic heterocycles. The summed E-state index contributed by atoms with van der Waals surface area (Å²) in [6.07, 6.45) is 0. The summed E-state index contributed by atoms with van der Waals surface area (Å²) in [4.78, 5) is 2.35. The maximum atomic E-state index is 10.8. The monoisotopic (exact) mass is 268 g/mol. The van der Waals surface area contributed by atoms with Crippen LogP contribution in [0.3, 0.4) is 0 Å². The Kier molecular flexibility index (Phi) is 4.49. The highest BCUT2D eigenvalue weighted by atomic mass is 35.5. The molecule has 0 aliphatic rings. The second-order valence-corrected chi connectivity index (χ2v) is 4.42. The van der Waals surface area contributed by atoms with Crippen molar-refractivity contribution in [3.05, 3.63) is 27.7 Å². The van der Waals surface area contributed by atoms with Gasteiger partial charge in [0.1, 0.15) is 4.90 Å². The Morgan fingerprint density at radius 1 is 1.47 bits per heavy atom. The average molecular weight is 269 g/mol. The highest BCUT2D eigenvalue weighted by molar-refractivity contribution is 7.86. The zero-order valence-corrected chi connectivity index (χ0v) is 9.81. The lowest BCUT2D eigenvalue weighted by atomic mass is 10.2. The van der Waals surface area contributed by atoms with Gasteiger partial charge in [0.25, 0.3) is 10.1 Å². The summed E-state index contributed by atoms with van der Waals surface area (Å²) < 4.78 is 30.4. The van der Waals surface area contributed by atoms with Crippen molar-refractivity contribution in [3.63, 3.8) is 0 Å². The van der Waals surface area contributed by atoms with Crippen molar-refractivity contribution in [2.75, 3.05) is 0 Å². The standard InChI is InChI=1S/C7H5ClN2O3S.ClH/c1-4-2-5(10-9)3-6(7(4)8)14(11,12)13;/h2-3H,1H3;1H. The number of hydrogen-bond acceptors (Lipinski definition) is 3. The highest BCUT2D eigenvalue weighted by Crippen LogP contribution is 2.29. The quantitative estimate of drug-likeness (QED) is 0.544. The predicted octanol–water partition coefficient (Wildman–Crippen LogP) is -0.616. The van der Waals surface area contributed by atoms with Gasteiger partial charge < -0.3 is 12.4 Å². The zero-order chi connectivity index (χ0) is 10.9. The van der Waals surface area contributed by atoms with Crippen LogP contribution in [0.4, 0.5) is 5.69 Å². The van der Waals surface area contributed by atoms with E-state index in [1.807, 2.05) is 0 Å². The number of rotatable bonds is 1. The van der Waals surface area contributed by atoms with Crippen molar-refractivity contribution >= 4 is 27.4 Å². The van der Waals surface area contributed by atoms with Gasteiger partial charge in [-0.1, -0.05) is 11.6 Å². The van der Waals surface area contributed by atoms with E-state index in [1.165, 1.54) is 13.0 Å². The second kappa shape index (κ2) is 4.77. The lowest BCUT2D eigenvalue weighted by Crippen LogP contribution is -3.00. The summed E-state index contributed by atoms with van der Waals surface area (Å²) in [5.41, 5.74) is 0.411. The summed E-state index contributed by atoms with van der Waals surface area (Å²) in [7, 11) is -4.39. The van der Waals surface area contributed by atoms with Crippen LogP contribution < -0.4 is 12.4 Å². The van der Waals surface area contributed by atoms with E-state index in [-0.39, 0.29) is 23.1 Å². The Morgan fingerprint density at radius 3 is 2.40 bits per heavy atom. The van der Waals surface area contributed by atoms with Gasteiger partial charge in [-0.05, 0) is 12.5 Å². The first-order valence-electron chi connectivity index (χ1n) is 3.49. The van der Waals surface area contributed by atoms with Crippen LogP contribution in [0.2, 0.25) is 5.02 Å². The highest BCUT2D eigenvalue weighted by Gasteiger charge is 2.21. The van der Waals surface area contributed by atoms with Crippen molar-refractivity contribution in [3.8, 4) is 0 Å². The van der Waals surface area contributed by atoms with Crippen molar-refractivity contribution in [1.29, 1.82) is 5.39 Å². The number of aryl methyl sites for hydroxylation is 1. The van der Waals surface area contributed by atoms with E-state index in [9.17, 15) is 8.42 Å². The molecule has 0 atom stereocenters. The molecule has 1 aromatic rings. The predicted molar refractivity (Wildman–Crippen MR) is 50.7 cm³/mol. The van der Waals surface area contributed by atoms with Crippen LogP contribution in [0, 0.1) is 12.3 Å². The van der Waals surface area contributed by atoms with Crippen molar-refractivity contribution in [2.24, 2.45) is 0 Å². The Hall–Kier alpha value is -0.870. The van der Waals surface area contributed by atoms with Crippen molar-refractivity contribution in [1.82, 2.24) is 0 Å². The molecule has 0 radical (unpaired) electrons. The summed E-state index contributed by atoms with van der Waals surface area (Å²) >= 11 is 5.64. The SMILES string of the molecule is Cc1cc([N+]#N)cc(S(=O)(=O)O)c1Cl.[Cl-]. The van der Waals surface area contributed by atoms with Gasteiger partial charge in [-0.2, -0.15) is 8.42 Å². The lowest BCUT2D eigenvalue weighted by molar-refractivity contribution is -0.00000722. The molecule has 8 heteroatoms. The molecule has 0 fully saturated rings. The third-order valence-corrected chi connectivity index (χ3v) is 3.09. The number of diazo groups is 1. The first-order valence-corrected chi connectivity index (χ1v) is 5.31. The molecule has 1 N–H and O–H groups in total. The number of nitrogens with zero attached hydrogens (tertiary/aromatic N) is 2. The van der Waals surface area contributed by atoms with Crippen LogP contribution in [0.15, 0.2) is 17.0 Å². The molecule has 82 valence electrons. The summed E-state index contributed by atoms with van der Waals surface area (Å²) in [6.45, 7) is 1.53. The van der Waals surface area contributed by atoms with Gasteiger partial charge >= 0.3 is 5.69 Å². The fraction of sp³-hybridized carbons (Fsp3) is 0.143. The normalized spacial score (nSPS) is 10.3. The van der Waals surface area contributed by atoms with E-state index < -0.39 is 15.0 Å². The molecule has 0 unspecified atom stereocenters. The topological polar surface area (TPSA) is 82.5 Å². The minimum atomic E-state index is -4.39. The van der Waals surface area contributed by atoms with Gasteiger partial charge in [0, 0.05) is 6.07 Å².